The van der Waals surface area contributed by atoms with E-state index in [2.05, 4.69) is 40.8 Å². The van der Waals surface area contributed by atoms with Crippen LogP contribution in [0.4, 0.5) is 0 Å². The molecule has 4 amide bonds. The van der Waals surface area contributed by atoms with Crippen LogP contribution in [0.2, 0.25) is 0 Å². The Morgan fingerprint density at radius 3 is 1.33 bits per heavy atom. The first-order valence-corrected chi connectivity index (χ1v) is 26.0. The molecule has 6 aromatic rings. The van der Waals surface area contributed by atoms with Gasteiger partial charge in [0, 0.05) is 108 Å². The second-order valence-electron chi connectivity index (χ2n) is 20.0. The largest absolute Gasteiger partial charge is 0.508 e. The van der Waals surface area contributed by atoms with Crippen LogP contribution in [0.1, 0.15) is 110 Å². The summed E-state index contributed by atoms with van der Waals surface area (Å²) in [6.07, 6.45) is 0.421. The molecule has 0 aliphatic carbocycles. The maximum absolute atomic E-state index is 13.5. The van der Waals surface area contributed by atoms with Crippen LogP contribution < -0.4 is 16.4 Å². The van der Waals surface area contributed by atoms with E-state index in [1.165, 1.54) is 12.1 Å². The van der Waals surface area contributed by atoms with Gasteiger partial charge in [0.15, 0.2) is 11.6 Å². The zero-order valence-corrected chi connectivity index (χ0v) is 44.0. The summed E-state index contributed by atoms with van der Waals surface area (Å²) in [5, 5.41) is 65.4. The predicted molar refractivity (Wildman–Crippen MR) is 285 cm³/mol. The summed E-state index contributed by atoms with van der Waals surface area (Å²) in [5.74, 6) is -0.967. The predicted octanol–water partition coefficient (Wildman–Crippen LogP) is 4.85. The number of piperazine rings is 2. The van der Waals surface area contributed by atoms with Gasteiger partial charge in [-0.25, -0.2) is 0 Å². The number of carbonyl (C=O) groups is 4. The van der Waals surface area contributed by atoms with Crippen molar-refractivity contribution in [2.75, 3.05) is 65.4 Å². The Balaban J connectivity index is 0.806. The van der Waals surface area contributed by atoms with Gasteiger partial charge in [-0.3, -0.25) is 38.1 Å². The Bertz CT molecular complexity index is 3050. The maximum Gasteiger partial charge on any atom is 0.289 e. The summed E-state index contributed by atoms with van der Waals surface area (Å²) in [6, 6.07) is 20.4. The zero-order valence-electron chi connectivity index (χ0n) is 44.0. The van der Waals surface area contributed by atoms with Gasteiger partial charge in [-0.2, -0.15) is 0 Å². The van der Waals surface area contributed by atoms with E-state index >= 15 is 0 Å². The van der Waals surface area contributed by atoms with Crippen molar-refractivity contribution >= 4 is 23.6 Å². The van der Waals surface area contributed by atoms with E-state index in [0.717, 1.165) is 11.1 Å². The number of benzene rings is 4. The molecule has 2 aliphatic heterocycles. The van der Waals surface area contributed by atoms with Crippen molar-refractivity contribution in [3.05, 3.63) is 107 Å². The molecule has 8 N–H and O–H groups in total. The number of hydrogen-bond donors (Lipinski definition) is 7. The van der Waals surface area contributed by atoms with Gasteiger partial charge in [0.1, 0.15) is 23.0 Å². The summed E-state index contributed by atoms with van der Waals surface area (Å²) in [6.45, 7) is 18.0. The number of rotatable bonds is 18. The number of carbonyl (C=O) groups excluding carboxylic acids is 4. The first-order valence-electron chi connectivity index (χ1n) is 26.0. The summed E-state index contributed by atoms with van der Waals surface area (Å²) in [7, 11) is 0. The number of phenols is 4. The van der Waals surface area contributed by atoms with Crippen LogP contribution in [0.15, 0.2) is 72.8 Å². The van der Waals surface area contributed by atoms with Crippen molar-refractivity contribution in [1.82, 2.24) is 59.8 Å². The van der Waals surface area contributed by atoms with Crippen LogP contribution in [0.25, 0.3) is 34.2 Å². The van der Waals surface area contributed by atoms with Gasteiger partial charge in [0.2, 0.25) is 23.5 Å². The Morgan fingerprint density at radius 1 is 0.553 bits per heavy atom. The summed E-state index contributed by atoms with van der Waals surface area (Å²) in [4.78, 5) is 61.3. The molecule has 2 saturated heterocycles. The van der Waals surface area contributed by atoms with Crippen molar-refractivity contribution in [2.45, 2.75) is 85.4 Å². The number of nitrogens with two attached hydrogens (primary N) is 1. The van der Waals surface area contributed by atoms with Crippen molar-refractivity contribution < 1.29 is 39.6 Å². The Morgan fingerprint density at radius 2 is 0.947 bits per heavy atom. The molecule has 2 fully saturated rings. The van der Waals surface area contributed by atoms with E-state index in [-0.39, 0.29) is 82.8 Å². The molecule has 1 atom stereocenters. The highest BCUT2D eigenvalue weighted by atomic mass is 16.3. The van der Waals surface area contributed by atoms with Gasteiger partial charge in [-0.1, -0.05) is 52.0 Å². The van der Waals surface area contributed by atoms with E-state index in [9.17, 15) is 39.6 Å². The monoisotopic (exact) mass is 1040 g/mol. The van der Waals surface area contributed by atoms with Crippen molar-refractivity contribution in [2.24, 2.45) is 5.73 Å². The number of aromatic nitrogens is 6. The van der Waals surface area contributed by atoms with Gasteiger partial charge < -0.3 is 46.6 Å². The Kier molecular flexibility index (Phi) is 17.0. The third-order valence-corrected chi connectivity index (χ3v) is 14.0. The van der Waals surface area contributed by atoms with Crippen LogP contribution in [-0.2, 0) is 22.7 Å². The zero-order chi connectivity index (χ0) is 54.4. The standard InChI is InChI=1S/C55H69N13O8/c1-7-57-53(74)51-61-59-49(41-27-39(33(3)4)44(69)29-46(41)71)67(51)37-13-9-35(10-14-37)31-63-19-23-65(24-20-63)48(73)18-17-43(56)55(76)66-25-21-64(22-26-66)32-36-11-15-38(16-12-36)68-50(60-62-52(68)54(75)58-8-2)42-28-40(34(5)6)45(70)30-47(42)72/h9-16,27-30,33-34,43,69-72H,7-8,17-26,31-32,56H2,1-6H3,(H,57,74)(H,58,75)/t43-/m0/s1. The fraction of sp³-hybridized carbons (Fsp3) is 0.418. The summed E-state index contributed by atoms with van der Waals surface area (Å²) in [5.41, 5.74) is 11.6. The molecule has 0 radical (unpaired) electrons. The van der Waals surface area contributed by atoms with Crippen LogP contribution in [-0.4, -0.2) is 165 Å². The Labute approximate surface area is 442 Å². The number of nitrogens with zero attached hydrogens (tertiary/aromatic N) is 10. The molecule has 8 rings (SSSR count). The molecule has 4 aromatic carbocycles. The van der Waals surface area contributed by atoms with Crippen LogP contribution in [0.5, 0.6) is 23.0 Å². The average Bonchev–Trinajstić information content (AvgIpc) is 4.06. The lowest BCUT2D eigenvalue weighted by Gasteiger charge is -2.36. The third-order valence-electron chi connectivity index (χ3n) is 14.0. The minimum Gasteiger partial charge on any atom is -0.508 e. The highest BCUT2D eigenvalue weighted by Crippen LogP contribution is 2.40. The second kappa shape index (κ2) is 23.8. The lowest BCUT2D eigenvalue weighted by molar-refractivity contribution is -0.135. The summed E-state index contributed by atoms with van der Waals surface area (Å²) < 4.78 is 3.20. The highest BCUT2D eigenvalue weighted by Gasteiger charge is 2.30. The number of nitrogens with one attached hydrogen (secondary N) is 2. The fourth-order valence-corrected chi connectivity index (χ4v) is 9.74. The molecule has 4 heterocycles. The number of aromatic hydroxyl groups is 4. The first-order chi connectivity index (χ1) is 36.5. The topological polar surface area (TPSA) is 274 Å². The summed E-state index contributed by atoms with van der Waals surface area (Å²) >= 11 is 0. The smallest absolute Gasteiger partial charge is 0.289 e. The van der Waals surface area contributed by atoms with Gasteiger partial charge in [0.05, 0.1) is 17.2 Å². The third kappa shape index (κ3) is 12.0. The number of amides is 4. The van der Waals surface area contributed by atoms with E-state index in [1.807, 2.05) is 95.0 Å². The molecular weight excluding hydrogens is 971 g/mol. The molecule has 0 unspecified atom stereocenters. The van der Waals surface area contributed by atoms with E-state index in [4.69, 9.17) is 5.73 Å². The molecule has 76 heavy (non-hydrogen) atoms. The molecule has 21 nitrogen and oxygen atoms in total. The lowest BCUT2D eigenvalue weighted by Crippen LogP contribution is -2.53. The van der Waals surface area contributed by atoms with Gasteiger partial charge in [-0.05, 0) is 90.8 Å². The normalized spacial score (nSPS) is 14.9. The van der Waals surface area contributed by atoms with Gasteiger partial charge in [-0.15, -0.1) is 20.4 Å². The van der Waals surface area contributed by atoms with Gasteiger partial charge in [0.25, 0.3) is 11.8 Å². The van der Waals surface area contributed by atoms with Gasteiger partial charge >= 0.3 is 0 Å². The molecule has 0 saturated carbocycles. The number of phenolic OH excluding ortho intramolecular Hbond substituents is 4. The molecule has 402 valence electrons. The van der Waals surface area contributed by atoms with E-state index < -0.39 is 17.9 Å². The quantitative estimate of drug-likeness (QED) is 0.0607. The molecule has 0 spiro atoms. The minimum atomic E-state index is -0.796. The average molecular weight is 1040 g/mol. The molecule has 0 bridgehead atoms. The molecule has 21 heteroatoms. The van der Waals surface area contributed by atoms with Crippen LogP contribution in [0, 0.1) is 0 Å². The van der Waals surface area contributed by atoms with E-state index in [0.29, 0.717) is 112 Å². The molecule has 2 aromatic heterocycles. The van der Waals surface area contributed by atoms with Crippen molar-refractivity contribution in [1.29, 1.82) is 0 Å². The van der Waals surface area contributed by atoms with E-state index in [1.54, 1.807) is 26.2 Å². The number of hydrogen-bond acceptors (Lipinski definition) is 15. The fourth-order valence-electron chi connectivity index (χ4n) is 9.74. The molecular formula is C55H69N13O8. The second-order valence-corrected chi connectivity index (χ2v) is 20.0. The van der Waals surface area contributed by atoms with Crippen molar-refractivity contribution in [3.63, 3.8) is 0 Å². The first kappa shape index (κ1) is 54.4. The molecule has 2 aliphatic rings. The Hall–Kier alpha value is -7.88. The highest BCUT2D eigenvalue weighted by molar-refractivity contribution is 5.93. The van der Waals surface area contributed by atoms with Crippen LogP contribution in [0.3, 0.4) is 0 Å². The maximum atomic E-state index is 13.5. The lowest BCUT2D eigenvalue weighted by atomic mass is 9.98. The minimum absolute atomic E-state index is 0.0318. The van der Waals surface area contributed by atoms with Crippen molar-refractivity contribution in [3.8, 4) is 57.1 Å². The van der Waals surface area contributed by atoms with Crippen LogP contribution >= 0.6 is 0 Å². The SMILES string of the molecule is CCNC(=O)c1nnc(-c2cc(C(C)C)c(O)cc2O)n1-c1ccc(CN2CCN(C(=O)CC[C@H](N)C(=O)N3CCN(Cc4ccc(-n5c(C(=O)NCC)nnc5-c5cc(C(C)C)c(O)cc5O)cc4)CC3)CC2)cc1.